The average molecular weight is 559 g/mol. The molecule has 3 N–H and O–H groups in total. The van der Waals surface area contributed by atoms with Gasteiger partial charge in [0.15, 0.2) is 0 Å². The molecule has 0 heterocycles. The number of nitrogens with one attached hydrogen (secondary N) is 1. The fourth-order valence-corrected chi connectivity index (χ4v) is 4.75. The largest absolute Gasteiger partial charge is 0.497 e. The number of methoxy groups -OCH3 is 1. The van der Waals surface area contributed by atoms with E-state index in [9.17, 15) is 14.4 Å². The molecule has 0 aliphatic rings. The van der Waals surface area contributed by atoms with E-state index in [1.165, 1.54) is 15.9 Å². The lowest BCUT2D eigenvalue weighted by Gasteiger charge is -2.34. The van der Waals surface area contributed by atoms with Crippen LogP contribution in [0.25, 0.3) is 10.8 Å². The molecule has 1 unspecified atom stereocenters. The Labute approximate surface area is 243 Å². The molecule has 3 aromatic carbocycles. The quantitative estimate of drug-likeness (QED) is 0.330. The van der Waals surface area contributed by atoms with Gasteiger partial charge in [-0.15, -0.1) is 0 Å². The van der Waals surface area contributed by atoms with Crippen molar-refractivity contribution in [2.24, 2.45) is 5.73 Å². The normalized spacial score (nSPS) is 13.0. The number of likely N-dealkylation sites (N-methyl/N-ethyl adjacent to an activating group) is 3. The van der Waals surface area contributed by atoms with Gasteiger partial charge in [0, 0.05) is 39.5 Å². The molecule has 0 saturated carbocycles. The monoisotopic (exact) mass is 558 g/mol. The molecule has 8 nitrogen and oxygen atoms in total. The standard InChI is InChI=1S/C33H42N4O4/c1-33(2,34)20-10-15-30(38)36(4)29(22-25-13-9-12-24-11-7-8-14-27(24)25)32(40)37(5)28(31(39)35-3)21-23-16-18-26(41-6)19-17-23/h7-19,28-29H,20-22,34H2,1-6H3,(H,35,39)/b15-10+/t28-,29?/m1/s1. The van der Waals surface area contributed by atoms with Crippen molar-refractivity contribution in [3.63, 3.8) is 0 Å². The van der Waals surface area contributed by atoms with E-state index in [1.807, 2.05) is 80.6 Å². The van der Waals surface area contributed by atoms with E-state index in [0.717, 1.165) is 21.9 Å². The highest BCUT2D eigenvalue weighted by atomic mass is 16.5. The summed E-state index contributed by atoms with van der Waals surface area (Å²) in [4.78, 5) is 43.5. The topological polar surface area (TPSA) is 105 Å². The highest BCUT2D eigenvalue weighted by molar-refractivity contribution is 5.95. The third-order valence-electron chi connectivity index (χ3n) is 7.25. The van der Waals surface area contributed by atoms with Crippen LogP contribution in [-0.4, -0.2) is 73.4 Å². The molecule has 0 aliphatic heterocycles. The van der Waals surface area contributed by atoms with Gasteiger partial charge in [-0.2, -0.15) is 0 Å². The minimum absolute atomic E-state index is 0.284. The second-order valence-electron chi connectivity index (χ2n) is 11.0. The van der Waals surface area contributed by atoms with Gasteiger partial charge >= 0.3 is 0 Å². The molecule has 0 spiro atoms. The first-order valence-electron chi connectivity index (χ1n) is 13.7. The van der Waals surface area contributed by atoms with Crippen molar-refractivity contribution in [2.45, 2.75) is 50.7 Å². The first-order chi connectivity index (χ1) is 19.4. The minimum atomic E-state index is -0.850. The maximum absolute atomic E-state index is 14.2. The van der Waals surface area contributed by atoms with Crippen molar-refractivity contribution >= 4 is 28.5 Å². The minimum Gasteiger partial charge on any atom is -0.497 e. The summed E-state index contributed by atoms with van der Waals surface area (Å²) >= 11 is 0. The number of amides is 3. The maximum atomic E-state index is 14.2. The fraction of sp³-hybridized carbons (Fsp3) is 0.364. The zero-order valence-electron chi connectivity index (χ0n) is 24.9. The van der Waals surface area contributed by atoms with Gasteiger partial charge in [-0.05, 0) is 60.4 Å². The Morgan fingerprint density at radius 2 is 1.59 bits per heavy atom. The van der Waals surface area contributed by atoms with Crippen molar-refractivity contribution in [3.05, 3.63) is 90.0 Å². The van der Waals surface area contributed by atoms with E-state index < -0.39 is 17.6 Å². The Kier molecular flexibility index (Phi) is 10.7. The smallest absolute Gasteiger partial charge is 0.246 e. The highest BCUT2D eigenvalue weighted by Gasteiger charge is 2.34. The summed E-state index contributed by atoms with van der Waals surface area (Å²) in [5, 5.41) is 4.75. The zero-order valence-corrected chi connectivity index (χ0v) is 24.9. The van der Waals surface area contributed by atoms with Gasteiger partial charge in [0.2, 0.25) is 17.7 Å². The van der Waals surface area contributed by atoms with Crippen LogP contribution >= 0.6 is 0 Å². The number of carbonyl (C=O) groups excluding carboxylic acids is 3. The van der Waals surface area contributed by atoms with Crippen LogP contribution in [0.5, 0.6) is 5.75 Å². The van der Waals surface area contributed by atoms with E-state index in [0.29, 0.717) is 18.6 Å². The van der Waals surface area contributed by atoms with Crippen molar-refractivity contribution in [2.75, 3.05) is 28.3 Å². The molecule has 3 amide bonds. The molecule has 0 aromatic heterocycles. The summed E-state index contributed by atoms with van der Waals surface area (Å²) in [6, 6.07) is 19.7. The Bertz CT molecular complexity index is 1370. The molecule has 3 aromatic rings. The van der Waals surface area contributed by atoms with Gasteiger partial charge in [-0.25, -0.2) is 0 Å². The second-order valence-corrected chi connectivity index (χ2v) is 11.0. The summed E-state index contributed by atoms with van der Waals surface area (Å²) in [6.45, 7) is 3.77. The summed E-state index contributed by atoms with van der Waals surface area (Å²) in [7, 11) is 6.39. The molecular weight excluding hydrogens is 516 g/mol. The Hall–Kier alpha value is -4.17. The van der Waals surface area contributed by atoms with E-state index in [-0.39, 0.29) is 24.1 Å². The second kappa shape index (κ2) is 13.9. The molecule has 3 rings (SSSR count). The van der Waals surface area contributed by atoms with Gasteiger partial charge in [0.05, 0.1) is 7.11 Å². The average Bonchev–Trinajstić information content (AvgIpc) is 2.96. The number of rotatable bonds is 12. The number of hydrogen-bond donors (Lipinski definition) is 2. The van der Waals surface area contributed by atoms with Crippen molar-refractivity contribution in [3.8, 4) is 5.75 Å². The van der Waals surface area contributed by atoms with E-state index in [2.05, 4.69) is 5.32 Å². The summed E-state index contributed by atoms with van der Waals surface area (Å²) in [6.07, 6.45) is 4.29. The van der Waals surface area contributed by atoms with Crippen LogP contribution in [0.1, 0.15) is 31.4 Å². The van der Waals surface area contributed by atoms with Gasteiger partial charge in [0.1, 0.15) is 17.8 Å². The highest BCUT2D eigenvalue weighted by Crippen LogP contribution is 2.23. The van der Waals surface area contributed by atoms with Crippen LogP contribution in [0, 0.1) is 0 Å². The molecule has 8 heteroatoms. The van der Waals surface area contributed by atoms with Crippen molar-refractivity contribution < 1.29 is 19.1 Å². The zero-order chi connectivity index (χ0) is 30.2. The lowest BCUT2D eigenvalue weighted by atomic mass is 9.96. The third-order valence-corrected chi connectivity index (χ3v) is 7.25. The van der Waals surface area contributed by atoms with Crippen LogP contribution in [0.4, 0.5) is 0 Å². The molecule has 218 valence electrons. The molecule has 2 atom stereocenters. The summed E-state index contributed by atoms with van der Waals surface area (Å²) < 4.78 is 5.25. The SMILES string of the molecule is CNC(=O)[C@@H](Cc1ccc(OC)cc1)N(C)C(=O)C(Cc1cccc2ccccc12)N(C)C(=O)/C=C/CC(C)(C)N. The number of nitrogens with two attached hydrogens (primary N) is 1. The first kappa shape index (κ1) is 31.4. The molecule has 0 bridgehead atoms. The first-order valence-corrected chi connectivity index (χ1v) is 13.7. The number of benzene rings is 3. The van der Waals surface area contributed by atoms with Crippen LogP contribution in [0.2, 0.25) is 0 Å². The number of nitrogens with zero attached hydrogens (tertiary/aromatic N) is 2. The fourth-order valence-electron chi connectivity index (χ4n) is 4.75. The lowest BCUT2D eigenvalue weighted by Crippen LogP contribution is -2.55. The van der Waals surface area contributed by atoms with Gasteiger partial charge in [-0.1, -0.05) is 60.7 Å². The molecule has 0 aliphatic carbocycles. The van der Waals surface area contributed by atoms with E-state index >= 15 is 0 Å². The third kappa shape index (κ3) is 8.41. The van der Waals surface area contributed by atoms with Crippen molar-refractivity contribution in [1.29, 1.82) is 0 Å². The molecule has 0 radical (unpaired) electrons. The summed E-state index contributed by atoms with van der Waals surface area (Å²) in [5.41, 5.74) is 7.43. The van der Waals surface area contributed by atoms with Gasteiger partial charge in [0.25, 0.3) is 0 Å². The van der Waals surface area contributed by atoms with Gasteiger partial charge < -0.3 is 25.6 Å². The Balaban J connectivity index is 1.96. The van der Waals surface area contributed by atoms with Crippen LogP contribution < -0.4 is 15.8 Å². The molecular formula is C33H42N4O4. The predicted molar refractivity (Wildman–Crippen MR) is 164 cm³/mol. The Morgan fingerprint density at radius 3 is 2.22 bits per heavy atom. The van der Waals surface area contributed by atoms with Gasteiger partial charge in [-0.3, -0.25) is 14.4 Å². The maximum Gasteiger partial charge on any atom is 0.246 e. The predicted octanol–water partition coefficient (Wildman–Crippen LogP) is 3.72. The van der Waals surface area contributed by atoms with Crippen LogP contribution in [-0.2, 0) is 27.2 Å². The van der Waals surface area contributed by atoms with E-state index in [4.69, 9.17) is 10.5 Å². The van der Waals surface area contributed by atoms with Crippen molar-refractivity contribution in [1.82, 2.24) is 15.1 Å². The lowest BCUT2D eigenvalue weighted by molar-refractivity contribution is -0.146. The van der Waals surface area contributed by atoms with E-state index in [1.54, 1.807) is 34.3 Å². The van der Waals surface area contributed by atoms with Crippen LogP contribution in [0.3, 0.4) is 0 Å². The Morgan fingerprint density at radius 1 is 0.927 bits per heavy atom. The molecule has 0 fully saturated rings. The van der Waals surface area contributed by atoms with Crippen LogP contribution in [0.15, 0.2) is 78.9 Å². The molecule has 41 heavy (non-hydrogen) atoms. The number of fused-ring (bicyclic) bond motifs is 1. The molecule has 0 saturated heterocycles. The number of carbonyl (C=O) groups is 3. The number of hydrogen-bond acceptors (Lipinski definition) is 5. The summed E-state index contributed by atoms with van der Waals surface area (Å²) in [5.74, 6) is -0.230. The number of ether oxygens (including phenoxy) is 1.